The smallest absolute Gasteiger partial charge is 0.261 e. The Bertz CT molecular complexity index is 1400. The Labute approximate surface area is 207 Å². The summed E-state index contributed by atoms with van der Waals surface area (Å²) < 4.78 is 0. The van der Waals surface area contributed by atoms with Crippen LogP contribution in [0.2, 0.25) is 0 Å². The predicted molar refractivity (Wildman–Crippen MR) is 131 cm³/mol. The van der Waals surface area contributed by atoms with Gasteiger partial charge in [0.05, 0.1) is 23.6 Å². The van der Waals surface area contributed by atoms with Crippen molar-refractivity contribution in [3.63, 3.8) is 0 Å². The number of hydrogen-bond acceptors (Lipinski definition) is 5. The standard InChI is InChI=1S/C28H24N4O4/c33-25-24(21-3-1-2-4-23(21)30-25)18-9-13-31(14-10-18)26(34)19-5-6-20-22(15-19)28(36)32(27(20)35)16-17-7-11-29-12-8-17/h1-8,11-12,15,18,24H,9-10,13-14,16H2,(H,30,33). The lowest BCUT2D eigenvalue weighted by Gasteiger charge is -2.34. The van der Waals surface area contributed by atoms with Gasteiger partial charge in [-0.3, -0.25) is 29.1 Å². The molecule has 0 aliphatic carbocycles. The number of rotatable bonds is 4. The zero-order valence-corrected chi connectivity index (χ0v) is 19.5. The summed E-state index contributed by atoms with van der Waals surface area (Å²) >= 11 is 0. The number of hydrogen-bond donors (Lipinski definition) is 1. The molecule has 0 bridgehead atoms. The minimum absolute atomic E-state index is 0.0269. The molecule has 36 heavy (non-hydrogen) atoms. The van der Waals surface area contributed by atoms with Crippen LogP contribution in [0.5, 0.6) is 0 Å². The molecule has 8 heteroatoms. The topological polar surface area (TPSA) is 99.7 Å². The van der Waals surface area contributed by atoms with Gasteiger partial charge in [0.2, 0.25) is 5.91 Å². The molecule has 4 amide bonds. The van der Waals surface area contributed by atoms with Crippen LogP contribution in [-0.2, 0) is 11.3 Å². The van der Waals surface area contributed by atoms with Crippen LogP contribution in [0.1, 0.15) is 61.0 Å². The monoisotopic (exact) mass is 480 g/mol. The molecule has 1 atom stereocenters. The molecule has 0 radical (unpaired) electrons. The minimum Gasteiger partial charge on any atom is -0.339 e. The Hall–Kier alpha value is -4.33. The molecule has 4 heterocycles. The number of nitrogens with zero attached hydrogens (tertiary/aromatic N) is 3. The first-order valence-corrected chi connectivity index (χ1v) is 12.1. The largest absolute Gasteiger partial charge is 0.339 e. The molecular weight excluding hydrogens is 456 g/mol. The molecule has 1 aromatic heterocycles. The first-order chi connectivity index (χ1) is 17.5. The Morgan fingerprint density at radius 3 is 2.42 bits per heavy atom. The molecule has 1 fully saturated rings. The molecule has 0 spiro atoms. The van der Waals surface area contributed by atoms with Crippen molar-refractivity contribution in [1.29, 1.82) is 0 Å². The third kappa shape index (κ3) is 3.66. The summed E-state index contributed by atoms with van der Waals surface area (Å²) in [5.74, 6) is -0.917. The van der Waals surface area contributed by atoms with E-state index in [0.717, 1.165) is 29.7 Å². The van der Waals surface area contributed by atoms with E-state index < -0.39 is 5.91 Å². The average molecular weight is 481 g/mol. The van der Waals surface area contributed by atoms with Gasteiger partial charge in [-0.15, -0.1) is 0 Å². The van der Waals surface area contributed by atoms with E-state index in [0.29, 0.717) is 24.2 Å². The number of amides is 4. The summed E-state index contributed by atoms with van der Waals surface area (Å²) in [6, 6.07) is 16.0. The minimum atomic E-state index is -0.397. The van der Waals surface area contributed by atoms with Crippen molar-refractivity contribution in [3.8, 4) is 0 Å². The third-order valence-corrected chi connectivity index (χ3v) is 7.44. The zero-order chi connectivity index (χ0) is 24.8. The van der Waals surface area contributed by atoms with Crippen LogP contribution >= 0.6 is 0 Å². The maximum atomic E-state index is 13.3. The molecule has 3 aliphatic rings. The second-order valence-corrected chi connectivity index (χ2v) is 9.50. The normalized spacial score (nSPS) is 19.3. The van der Waals surface area contributed by atoms with Gasteiger partial charge in [-0.2, -0.15) is 0 Å². The summed E-state index contributed by atoms with van der Waals surface area (Å²) in [5.41, 5.74) is 3.68. The maximum absolute atomic E-state index is 13.3. The zero-order valence-electron chi connectivity index (χ0n) is 19.5. The average Bonchev–Trinajstić information content (AvgIpc) is 3.37. The highest BCUT2D eigenvalue weighted by molar-refractivity contribution is 6.22. The van der Waals surface area contributed by atoms with E-state index in [-0.39, 0.29) is 41.7 Å². The molecule has 1 unspecified atom stereocenters. The predicted octanol–water partition coefficient (Wildman–Crippen LogP) is 3.47. The number of imide groups is 1. The fraction of sp³-hybridized carbons (Fsp3) is 0.250. The summed E-state index contributed by atoms with van der Waals surface area (Å²) in [7, 11) is 0. The molecule has 2 aromatic carbocycles. The SMILES string of the molecule is O=C1Nc2ccccc2C1C1CCN(C(=O)c2ccc3c(c2)C(=O)N(Cc2ccncc2)C3=O)CC1. The fourth-order valence-corrected chi connectivity index (χ4v) is 5.56. The van der Waals surface area contributed by atoms with Gasteiger partial charge in [0.15, 0.2) is 0 Å². The Balaban J connectivity index is 1.15. The van der Waals surface area contributed by atoms with Crippen LogP contribution in [-0.4, -0.2) is 51.5 Å². The van der Waals surface area contributed by atoms with Crippen molar-refractivity contribution < 1.29 is 19.2 Å². The quantitative estimate of drug-likeness (QED) is 0.577. The molecule has 180 valence electrons. The van der Waals surface area contributed by atoms with Crippen LogP contribution in [0.15, 0.2) is 67.0 Å². The highest BCUT2D eigenvalue weighted by Crippen LogP contribution is 2.41. The van der Waals surface area contributed by atoms with Crippen LogP contribution in [0.4, 0.5) is 5.69 Å². The summed E-state index contributed by atoms with van der Waals surface area (Å²) in [5, 5.41) is 2.97. The lowest BCUT2D eigenvalue weighted by molar-refractivity contribution is -0.118. The Morgan fingerprint density at radius 2 is 1.64 bits per heavy atom. The van der Waals surface area contributed by atoms with Gasteiger partial charge >= 0.3 is 0 Å². The number of fused-ring (bicyclic) bond motifs is 2. The summed E-state index contributed by atoms with van der Waals surface area (Å²) in [6.45, 7) is 1.23. The number of aromatic nitrogens is 1. The fourth-order valence-electron chi connectivity index (χ4n) is 5.56. The first-order valence-electron chi connectivity index (χ1n) is 12.1. The number of benzene rings is 2. The van der Waals surface area contributed by atoms with Gasteiger partial charge in [-0.25, -0.2) is 0 Å². The number of likely N-dealkylation sites (tertiary alicyclic amines) is 1. The first kappa shape index (κ1) is 22.2. The molecule has 1 N–H and O–H groups in total. The highest BCUT2D eigenvalue weighted by Gasteiger charge is 2.39. The summed E-state index contributed by atoms with van der Waals surface area (Å²) in [6.07, 6.45) is 4.68. The van der Waals surface area contributed by atoms with Gasteiger partial charge < -0.3 is 10.2 Å². The van der Waals surface area contributed by atoms with Gasteiger partial charge in [-0.05, 0) is 66.3 Å². The Kier molecular flexibility index (Phi) is 5.36. The van der Waals surface area contributed by atoms with Gasteiger partial charge in [-0.1, -0.05) is 18.2 Å². The molecule has 6 rings (SSSR count). The van der Waals surface area contributed by atoms with E-state index in [2.05, 4.69) is 10.3 Å². The summed E-state index contributed by atoms with van der Waals surface area (Å²) in [4.78, 5) is 58.7. The van der Waals surface area contributed by atoms with E-state index in [1.807, 2.05) is 24.3 Å². The van der Waals surface area contributed by atoms with E-state index in [4.69, 9.17) is 0 Å². The van der Waals surface area contributed by atoms with Gasteiger partial charge in [0, 0.05) is 36.7 Å². The van der Waals surface area contributed by atoms with Gasteiger partial charge in [0.25, 0.3) is 17.7 Å². The number of pyridine rings is 1. The number of piperidine rings is 1. The highest BCUT2D eigenvalue weighted by atomic mass is 16.2. The molecule has 0 saturated carbocycles. The van der Waals surface area contributed by atoms with Crippen molar-refractivity contribution in [2.75, 3.05) is 18.4 Å². The van der Waals surface area contributed by atoms with Crippen LogP contribution in [0.3, 0.4) is 0 Å². The van der Waals surface area contributed by atoms with E-state index in [1.54, 1.807) is 41.6 Å². The maximum Gasteiger partial charge on any atom is 0.261 e. The van der Waals surface area contributed by atoms with E-state index in [9.17, 15) is 19.2 Å². The second kappa shape index (κ2) is 8.71. The molecule has 3 aromatic rings. The van der Waals surface area contributed by atoms with Crippen molar-refractivity contribution in [1.82, 2.24) is 14.8 Å². The van der Waals surface area contributed by atoms with E-state index >= 15 is 0 Å². The van der Waals surface area contributed by atoms with Crippen molar-refractivity contribution in [2.24, 2.45) is 5.92 Å². The number of carbonyl (C=O) groups is 4. The molecule has 1 saturated heterocycles. The molecular formula is C28H24N4O4. The number of anilines is 1. The van der Waals surface area contributed by atoms with Crippen molar-refractivity contribution >= 4 is 29.3 Å². The van der Waals surface area contributed by atoms with Crippen molar-refractivity contribution in [2.45, 2.75) is 25.3 Å². The van der Waals surface area contributed by atoms with E-state index in [1.165, 1.54) is 11.0 Å². The van der Waals surface area contributed by atoms with Crippen molar-refractivity contribution in [3.05, 3.63) is 94.8 Å². The number of para-hydroxylation sites is 1. The van der Waals surface area contributed by atoms with Gasteiger partial charge in [0.1, 0.15) is 0 Å². The Morgan fingerprint density at radius 1 is 0.917 bits per heavy atom. The van der Waals surface area contributed by atoms with Crippen LogP contribution in [0.25, 0.3) is 0 Å². The number of carbonyl (C=O) groups excluding carboxylic acids is 4. The second-order valence-electron chi connectivity index (χ2n) is 9.50. The van der Waals surface area contributed by atoms with Crippen LogP contribution in [0, 0.1) is 5.92 Å². The third-order valence-electron chi connectivity index (χ3n) is 7.44. The number of nitrogens with one attached hydrogen (secondary N) is 1. The molecule has 3 aliphatic heterocycles. The van der Waals surface area contributed by atoms with Crippen LogP contribution < -0.4 is 5.32 Å². The molecule has 8 nitrogen and oxygen atoms in total. The lowest BCUT2D eigenvalue weighted by Crippen LogP contribution is -2.40. The lowest BCUT2D eigenvalue weighted by atomic mass is 9.80.